The van der Waals surface area contributed by atoms with Crippen LogP contribution in [0.25, 0.3) is 0 Å². The zero-order valence-corrected chi connectivity index (χ0v) is 7.27. The lowest BCUT2D eigenvalue weighted by Gasteiger charge is -2.01. The van der Waals surface area contributed by atoms with Crippen molar-refractivity contribution >= 4 is 5.97 Å². The Morgan fingerprint density at radius 1 is 1.62 bits per heavy atom. The van der Waals surface area contributed by atoms with Crippen LogP contribution in [0.3, 0.4) is 0 Å². The van der Waals surface area contributed by atoms with E-state index in [1.54, 1.807) is 12.4 Å². The van der Waals surface area contributed by atoms with Crippen LogP contribution < -0.4 is 10.4 Å². The highest BCUT2D eigenvalue weighted by Gasteiger charge is 1.94. The summed E-state index contributed by atoms with van der Waals surface area (Å²) in [5, 5.41) is 12.0. The molecule has 1 aromatic heterocycles. The molecular weight excluding hydrogens is 168 g/mol. The van der Waals surface area contributed by atoms with Gasteiger partial charge in [-0.3, -0.25) is 4.98 Å². The summed E-state index contributed by atoms with van der Waals surface area (Å²) in [6.07, 6.45) is 3.58. The minimum Gasteiger partial charge on any atom is -0.550 e. The van der Waals surface area contributed by atoms with Crippen LogP contribution in [0.15, 0.2) is 24.5 Å². The number of nitrogens with two attached hydrogens (primary N) is 1. The largest absolute Gasteiger partial charge is 0.550 e. The molecule has 0 bridgehead atoms. The van der Waals surface area contributed by atoms with E-state index in [0.717, 1.165) is 12.1 Å². The zero-order valence-electron chi connectivity index (χ0n) is 7.27. The highest BCUT2D eigenvalue weighted by molar-refractivity contribution is 5.64. The number of aromatic nitrogens is 1. The van der Waals surface area contributed by atoms with Crippen LogP contribution in [-0.2, 0) is 11.3 Å². The van der Waals surface area contributed by atoms with Gasteiger partial charge in [0, 0.05) is 30.3 Å². The minimum atomic E-state index is -0.998. The van der Waals surface area contributed by atoms with Gasteiger partial charge in [0.25, 0.3) is 0 Å². The number of aliphatic carboxylic acids is 1. The maximum Gasteiger partial charge on any atom is 0.103 e. The molecule has 0 aliphatic rings. The van der Waals surface area contributed by atoms with Crippen LogP contribution >= 0.6 is 0 Å². The highest BCUT2D eigenvalue weighted by Crippen LogP contribution is 1.90. The summed E-state index contributed by atoms with van der Waals surface area (Å²) in [5.74, 6) is -0.998. The van der Waals surface area contributed by atoms with Gasteiger partial charge in [-0.2, -0.15) is 0 Å². The number of hydrogen-bond donors (Lipinski definition) is 1. The van der Waals surface area contributed by atoms with E-state index < -0.39 is 5.97 Å². The molecule has 1 rings (SSSR count). The van der Waals surface area contributed by atoms with Gasteiger partial charge >= 0.3 is 0 Å². The number of rotatable bonds is 5. The second-order valence-corrected chi connectivity index (χ2v) is 2.76. The zero-order chi connectivity index (χ0) is 9.52. The van der Waals surface area contributed by atoms with Crippen molar-refractivity contribution in [2.24, 2.45) is 0 Å². The molecule has 70 valence electrons. The molecule has 1 aromatic rings. The van der Waals surface area contributed by atoms with Gasteiger partial charge in [0.1, 0.15) is 6.54 Å². The molecule has 0 unspecified atom stereocenters. The Kier molecular flexibility index (Phi) is 3.92. The van der Waals surface area contributed by atoms with E-state index in [-0.39, 0.29) is 6.42 Å². The summed E-state index contributed by atoms with van der Waals surface area (Å²) in [6, 6.07) is 3.82. The molecule has 0 aromatic carbocycles. The standard InChI is InChI=1S/C9H12N2O2/c12-9(13)3-5-11-7-8-2-1-4-10-6-8/h1-2,4,6,11H,3,5,7H2,(H,12,13). The van der Waals surface area contributed by atoms with E-state index in [4.69, 9.17) is 0 Å². The van der Waals surface area contributed by atoms with Crippen LogP contribution in [-0.4, -0.2) is 17.5 Å². The van der Waals surface area contributed by atoms with Gasteiger partial charge in [-0.05, 0) is 6.07 Å². The third-order valence-corrected chi connectivity index (χ3v) is 1.66. The minimum absolute atomic E-state index is 0.0975. The first kappa shape index (κ1) is 9.67. The Morgan fingerprint density at radius 2 is 2.46 bits per heavy atom. The van der Waals surface area contributed by atoms with Crippen molar-refractivity contribution in [2.75, 3.05) is 6.54 Å². The Morgan fingerprint density at radius 3 is 3.08 bits per heavy atom. The quantitative estimate of drug-likeness (QED) is 0.548. The lowest BCUT2D eigenvalue weighted by molar-refractivity contribution is -0.670. The maximum atomic E-state index is 10.1. The van der Waals surface area contributed by atoms with E-state index in [9.17, 15) is 9.90 Å². The molecular formula is C9H12N2O2. The lowest BCUT2D eigenvalue weighted by Crippen LogP contribution is -2.83. The molecule has 0 aliphatic carbocycles. The number of carbonyl (C=O) groups excluding carboxylic acids is 1. The second-order valence-electron chi connectivity index (χ2n) is 2.76. The summed E-state index contributed by atoms with van der Waals surface area (Å²) >= 11 is 0. The molecule has 0 fully saturated rings. The Hall–Kier alpha value is -1.42. The Labute approximate surface area is 76.6 Å². The number of nitrogens with zero attached hydrogens (tertiary/aromatic N) is 1. The molecule has 0 radical (unpaired) electrons. The summed E-state index contributed by atoms with van der Waals surface area (Å²) < 4.78 is 0. The maximum absolute atomic E-state index is 10.1. The summed E-state index contributed by atoms with van der Waals surface area (Å²) in [7, 11) is 0. The van der Waals surface area contributed by atoms with Crippen molar-refractivity contribution in [2.45, 2.75) is 13.0 Å². The molecule has 0 spiro atoms. The molecule has 13 heavy (non-hydrogen) atoms. The number of pyridine rings is 1. The molecule has 0 atom stereocenters. The first-order valence-electron chi connectivity index (χ1n) is 4.19. The molecule has 0 aliphatic heterocycles. The smallest absolute Gasteiger partial charge is 0.103 e. The first-order valence-corrected chi connectivity index (χ1v) is 4.19. The fourth-order valence-corrected chi connectivity index (χ4v) is 1.01. The Bertz CT molecular complexity index is 262. The predicted molar refractivity (Wildman–Crippen MR) is 44.4 cm³/mol. The van der Waals surface area contributed by atoms with Gasteiger partial charge in [0.05, 0.1) is 6.54 Å². The molecule has 1 heterocycles. The number of hydrogen-bond acceptors (Lipinski definition) is 3. The van der Waals surface area contributed by atoms with E-state index in [2.05, 4.69) is 4.98 Å². The van der Waals surface area contributed by atoms with Crippen molar-refractivity contribution in [3.05, 3.63) is 30.1 Å². The van der Waals surface area contributed by atoms with Gasteiger partial charge in [0.2, 0.25) is 0 Å². The molecule has 2 N–H and O–H groups in total. The van der Waals surface area contributed by atoms with Gasteiger partial charge in [-0.15, -0.1) is 0 Å². The third kappa shape index (κ3) is 4.22. The van der Waals surface area contributed by atoms with Crippen LogP contribution in [0, 0.1) is 0 Å². The number of carbonyl (C=O) groups is 1. The van der Waals surface area contributed by atoms with Gasteiger partial charge in [0.15, 0.2) is 0 Å². The average molecular weight is 180 g/mol. The topological polar surface area (TPSA) is 69.6 Å². The highest BCUT2D eigenvalue weighted by atomic mass is 16.4. The summed E-state index contributed by atoms with van der Waals surface area (Å²) in [4.78, 5) is 14.0. The summed E-state index contributed by atoms with van der Waals surface area (Å²) in [5.41, 5.74) is 1.10. The van der Waals surface area contributed by atoms with Crippen LogP contribution in [0.5, 0.6) is 0 Å². The fraction of sp³-hybridized carbons (Fsp3) is 0.333. The Balaban J connectivity index is 2.17. The molecule has 4 heteroatoms. The van der Waals surface area contributed by atoms with Crippen molar-refractivity contribution in [1.82, 2.24) is 4.98 Å². The van der Waals surface area contributed by atoms with Gasteiger partial charge in [-0.25, -0.2) is 0 Å². The van der Waals surface area contributed by atoms with Crippen LogP contribution in [0.4, 0.5) is 0 Å². The number of carboxylic acids is 1. The van der Waals surface area contributed by atoms with Crippen LogP contribution in [0.2, 0.25) is 0 Å². The second kappa shape index (κ2) is 5.27. The van der Waals surface area contributed by atoms with Gasteiger partial charge in [-0.1, -0.05) is 6.07 Å². The number of carboxylic acid groups (broad SMARTS) is 1. The normalized spacial score (nSPS) is 9.85. The lowest BCUT2D eigenvalue weighted by atomic mass is 10.3. The van der Waals surface area contributed by atoms with Crippen molar-refractivity contribution in [3.63, 3.8) is 0 Å². The van der Waals surface area contributed by atoms with Crippen molar-refractivity contribution < 1.29 is 15.2 Å². The number of quaternary nitrogens is 1. The monoisotopic (exact) mass is 180 g/mol. The fourth-order valence-electron chi connectivity index (χ4n) is 1.01. The predicted octanol–water partition coefficient (Wildman–Crippen LogP) is -1.71. The van der Waals surface area contributed by atoms with Gasteiger partial charge < -0.3 is 15.2 Å². The third-order valence-electron chi connectivity index (χ3n) is 1.66. The average Bonchev–Trinajstić information content (AvgIpc) is 2.14. The molecule has 0 saturated carbocycles. The van der Waals surface area contributed by atoms with Crippen molar-refractivity contribution in [3.8, 4) is 0 Å². The van der Waals surface area contributed by atoms with E-state index >= 15 is 0 Å². The first-order chi connectivity index (χ1) is 6.29. The summed E-state index contributed by atoms with van der Waals surface area (Å²) in [6.45, 7) is 1.32. The van der Waals surface area contributed by atoms with E-state index in [1.807, 2.05) is 17.4 Å². The van der Waals surface area contributed by atoms with Crippen LogP contribution in [0.1, 0.15) is 12.0 Å². The van der Waals surface area contributed by atoms with E-state index in [0.29, 0.717) is 6.54 Å². The SMILES string of the molecule is O=C([O-])CC[NH2+]Cc1cccnc1. The molecule has 0 amide bonds. The van der Waals surface area contributed by atoms with E-state index in [1.165, 1.54) is 0 Å². The molecule has 0 saturated heterocycles. The molecule has 4 nitrogen and oxygen atoms in total. The van der Waals surface area contributed by atoms with Crippen molar-refractivity contribution in [1.29, 1.82) is 0 Å².